The van der Waals surface area contributed by atoms with Gasteiger partial charge in [0.15, 0.2) is 12.4 Å². The first kappa shape index (κ1) is 25.8. The van der Waals surface area contributed by atoms with Crippen molar-refractivity contribution in [2.75, 3.05) is 7.11 Å². The number of rotatable bonds is 8. The molecule has 34 heavy (non-hydrogen) atoms. The van der Waals surface area contributed by atoms with Crippen LogP contribution in [0.25, 0.3) is 0 Å². The maximum absolute atomic E-state index is 12.8. The molecule has 10 nitrogen and oxygen atoms in total. The van der Waals surface area contributed by atoms with Gasteiger partial charge in [-0.2, -0.15) is 0 Å². The van der Waals surface area contributed by atoms with E-state index in [0.717, 1.165) is 5.56 Å². The Morgan fingerprint density at radius 2 is 1.62 bits per heavy atom. The summed E-state index contributed by atoms with van der Waals surface area (Å²) in [5.41, 5.74) is 3.86. The van der Waals surface area contributed by atoms with Crippen molar-refractivity contribution in [1.29, 1.82) is 0 Å². The maximum Gasteiger partial charge on any atom is 0.338 e. The molecule has 2 aromatic carbocycles. The minimum atomic E-state index is -4.00. The van der Waals surface area contributed by atoms with Crippen molar-refractivity contribution in [2.24, 2.45) is 0 Å². The number of hydrogen-bond donors (Lipinski definition) is 2. The summed E-state index contributed by atoms with van der Waals surface area (Å²) in [5, 5.41) is 0. The Bertz CT molecular complexity index is 1090. The molecule has 1 aliphatic rings. The van der Waals surface area contributed by atoms with Gasteiger partial charge in [-0.25, -0.2) is 18.6 Å². The van der Waals surface area contributed by atoms with E-state index < -0.39 is 52.6 Å². The van der Waals surface area contributed by atoms with E-state index in [-0.39, 0.29) is 10.5 Å². The van der Waals surface area contributed by atoms with Gasteiger partial charge in [0.2, 0.25) is 0 Å². The number of carbonyl (C=O) groups excluding carboxylic acids is 2. The fourth-order valence-corrected chi connectivity index (χ4v) is 4.45. The van der Waals surface area contributed by atoms with E-state index in [4.69, 9.17) is 18.9 Å². The molecule has 2 N–H and O–H groups in total. The summed E-state index contributed by atoms with van der Waals surface area (Å²) in [6, 6.07) is 13.5. The van der Waals surface area contributed by atoms with Crippen molar-refractivity contribution in [3.05, 3.63) is 65.7 Å². The average molecular weight is 493 g/mol. The molecule has 3 rings (SSSR count). The first-order chi connectivity index (χ1) is 16.1. The van der Waals surface area contributed by atoms with Crippen molar-refractivity contribution >= 4 is 22.0 Å². The molecule has 0 unspecified atom stereocenters. The SMILES string of the molecule is CO[C@@H]1O[C@@H](C)[C@@H](OC(C)=O)[C@H](NNS(=O)(=O)c2ccc(C)cc2)[C@@H]1OC(=O)c1ccccc1. The molecular weight excluding hydrogens is 464 g/mol. The zero-order chi connectivity index (χ0) is 24.9. The number of hydrazine groups is 1. The highest BCUT2D eigenvalue weighted by atomic mass is 32.2. The molecule has 1 fully saturated rings. The third kappa shape index (κ3) is 6.19. The molecule has 2 aromatic rings. The Morgan fingerprint density at radius 3 is 2.21 bits per heavy atom. The lowest BCUT2D eigenvalue weighted by molar-refractivity contribution is -0.265. The number of ether oxygens (including phenoxy) is 4. The number of benzene rings is 2. The van der Waals surface area contributed by atoms with Gasteiger partial charge in [-0.3, -0.25) is 4.79 Å². The summed E-state index contributed by atoms with van der Waals surface area (Å²) < 4.78 is 47.9. The van der Waals surface area contributed by atoms with E-state index in [2.05, 4.69) is 10.3 Å². The molecule has 1 saturated heterocycles. The highest BCUT2D eigenvalue weighted by Gasteiger charge is 2.49. The van der Waals surface area contributed by atoms with Crippen LogP contribution < -0.4 is 10.3 Å². The first-order valence-corrected chi connectivity index (χ1v) is 12.1. The summed E-state index contributed by atoms with van der Waals surface area (Å²) in [7, 11) is -2.64. The number of hydrogen-bond acceptors (Lipinski definition) is 9. The lowest BCUT2D eigenvalue weighted by Crippen LogP contribution is -2.67. The fourth-order valence-electron chi connectivity index (χ4n) is 3.55. The van der Waals surface area contributed by atoms with Crippen molar-refractivity contribution < 1.29 is 37.0 Å². The van der Waals surface area contributed by atoms with Crippen LogP contribution in [-0.4, -0.2) is 58.1 Å². The second-order valence-electron chi connectivity index (χ2n) is 7.84. The quantitative estimate of drug-likeness (QED) is 0.418. The molecule has 0 amide bonds. The molecule has 1 heterocycles. The van der Waals surface area contributed by atoms with E-state index in [1.165, 1.54) is 26.2 Å². The summed E-state index contributed by atoms with van der Waals surface area (Å²) in [6.45, 7) is 4.69. The predicted octanol–water partition coefficient (Wildman–Crippen LogP) is 1.70. The average Bonchev–Trinajstić information content (AvgIpc) is 2.81. The summed E-state index contributed by atoms with van der Waals surface area (Å²) in [5.74, 6) is -1.29. The molecule has 1 aliphatic heterocycles. The molecule has 0 saturated carbocycles. The second kappa shape index (κ2) is 11.1. The molecule has 11 heteroatoms. The van der Waals surface area contributed by atoms with Crippen LogP contribution in [0, 0.1) is 6.92 Å². The predicted molar refractivity (Wildman–Crippen MR) is 121 cm³/mol. The largest absolute Gasteiger partial charge is 0.458 e. The molecule has 0 aliphatic carbocycles. The van der Waals surface area contributed by atoms with Gasteiger partial charge in [-0.1, -0.05) is 35.9 Å². The number of nitrogens with one attached hydrogen (secondary N) is 2. The zero-order valence-corrected chi connectivity index (χ0v) is 20.1. The van der Waals surface area contributed by atoms with E-state index >= 15 is 0 Å². The zero-order valence-electron chi connectivity index (χ0n) is 19.3. The van der Waals surface area contributed by atoms with Gasteiger partial charge in [-0.15, -0.1) is 4.83 Å². The summed E-state index contributed by atoms with van der Waals surface area (Å²) >= 11 is 0. The lowest BCUT2D eigenvalue weighted by atomic mass is 9.97. The van der Waals surface area contributed by atoms with Crippen LogP contribution in [0.2, 0.25) is 0 Å². The molecule has 5 atom stereocenters. The second-order valence-corrected chi connectivity index (χ2v) is 9.53. The summed E-state index contributed by atoms with van der Waals surface area (Å²) in [4.78, 5) is 26.9. The van der Waals surface area contributed by atoms with Gasteiger partial charge in [0.1, 0.15) is 12.1 Å². The number of carbonyl (C=O) groups is 2. The van der Waals surface area contributed by atoms with E-state index in [1.807, 2.05) is 6.92 Å². The highest BCUT2D eigenvalue weighted by Crippen LogP contribution is 2.27. The van der Waals surface area contributed by atoms with Crippen molar-refractivity contribution in [1.82, 2.24) is 10.3 Å². The third-order valence-electron chi connectivity index (χ3n) is 5.27. The normalized spacial score (nSPS) is 24.9. The van der Waals surface area contributed by atoms with E-state index in [0.29, 0.717) is 0 Å². The molecule has 0 radical (unpaired) electrons. The fraction of sp³-hybridized carbons (Fsp3) is 0.391. The smallest absolute Gasteiger partial charge is 0.338 e. The number of sulfonamides is 1. The Morgan fingerprint density at radius 1 is 0.971 bits per heavy atom. The minimum absolute atomic E-state index is 0.0240. The van der Waals surface area contributed by atoms with Crippen LogP contribution in [0.5, 0.6) is 0 Å². The van der Waals surface area contributed by atoms with Gasteiger partial charge >= 0.3 is 11.9 Å². The topological polar surface area (TPSA) is 129 Å². The number of aryl methyl sites for hydroxylation is 1. The molecule has 0 bridgehead atoms. The van der Waals surface area contributed by atoms with Gasteiger partial charge in [0, 0.05) is 14.0 Å². The van der Waals surface area contributed by atoms with Crippen molar-refractivity contribution in [3.8, 4) is 0 Å². The Labute approximate surface area is 198 Å². The van der Waals surface area contributed by atoms with Crippen LogP contribution in [-0.2, 0) is 33.8 Å². The number of methoxy groups -OCH3 is 1. The first-order valence-electron chi connectivity index (χ1n) is 10.6. The Balaban J connectivity index is 1.90. The molecular formula is C23H28N2O8S. The van der Waals surface area contributed by atoms with Crippen molar-refractivity contribution in [3.63, 3.8) is 0 Å². The molecule has 0 spiro atoms. The van der Waals surface area contributed by atoms with Crippen LogP contribution in [0.15, 0.2) is 59.5 Å². The highest BCUT2D eigenvalue weighted by molar-refractivity contribution is 7.89. The van der Waals surface area contributed by atoms with Crippen LogP contribution in [0.1, 0.15) is 29.8 Å². The molecule has 184 valence electrons. The van der Waals surface area contributed by atoms with Crippen molar-refractivity contribution in [2.45, 2.75) is 56.3 Å². The van der Waals surface area contributed by atoms with E-state index in [1.54, 1.807) is 49.4 Å². The monoisotopic (exact) mass is 492 g/mol. The minimum Gasteiger partial charge on any atom is -0.458 e. The van der Waals surface area contributed by atoms with E-state index in [9.17, 15) is 18.0 Å². The van der Waals surface area contributed by atoms with Gasteiger partial charge in [0.05, 0.1) is 16.6 Å². The Kier molecular flexibility index (Phi) is 8.39. The van der Waals surface area contributed by atoms with Crippen LogP contribution in [0.4, 0.5) is 0 Å². The van der Waals surface area contributed by atoms with Gasteiger partial charge in [0.25, 0.3) is 10.0 Å². The number of esters is 2. The standard InChI is InChI=1S/C23H28N2O8S/c1-14-10-12-18(13-11-14)34(28,29)25-24-19-20(32-16(3)26)15(2)31-23(30-4)21(19)33-22(27)17-8-6-5-7-9-17/h5-13,15,19-21,23-25H,1-4H3/t15-,19-,20+,21-,23+/m0/s1. The Hall–Kier alpha value is -2.83. The van der Waals surface area contributed by atoms with Crippen LogP contribution in [0.3, 0.4) is 0 Å². The van der Waals surface area contributed by atoms with Gasteiger partial charge < -0.3 is 18.9 Å². The summed E-state index contributed by atoms with van der Waals surface area (Å²) in [6.07, 6.45) is -3.94. The van der Waals surface area contributed by atoms with Crippen LogP contribution >= 0.6 is 0 Å². The molecule has 0 aromatic heterocycles. The maximum atomic E-state index is 12.8. The lowest BCUT2D eigenvalue weighted by Gasteiger charge is -2.44. The third-order valence-corrected chi connectivity index (χ3v) is 6.55. The van der Waals surface area contributed by atoms with Gasteiger partial charge in [-0.05, 0) is 38.1 Å².